The minimum Gasteiger partial charge on any atom is -0.469 e. The SMILES string of the molecule is CCc1occc1C(=O)N1CCCC(Cl)C1. The van der Waals surface area contributed by atoms with Gasteiger partial charge < -0.3 is 9.32 Å². The average molecular weight is 242 g/mol. The minimum atomic E-state index is 0.0518. The number of furan rings is 1. The molecule has 0 aromatic carbocycles. The van der Waals surface area contributed by atoms with Crippen LogP contribution in [0.5, 0.6) is 0 Å². The second kappa shape index (κ2) is 4.91. The van der Waals surface area contributed by atoms with Gasteiger partial charge in [0.15, 0.2) is 0 Å². The minimum absolute atomic E-state index is 0.0518. The molecule has 1 saturated heterocycles. The van der Waals surface area contributed by atoms with Crippen LogP contribution in [0.3, 0.4) is 0 Å². The molecule has 1 fully saturated rings. The predicted molar refractivity (Wildman–Crippen MR) is 62.9 cm³/mol. The summed E-state index contributed by atoms with van der Waals surface area (Å²) >= 11 is 6.07. The van der Waals surface area contributed by atoms with Crippen molar-refractivity contribution in [2.75, 3.05) is 13.1 Å². The molecule has 0 radical (unpaired) electrons. The van der Waals surface area contributed by atoms with Crippen molar-refractivity contribution in [1.29, 1.82) is 0 Å². The van der Waals surface area contributed by atoms with E-state index in [2.05, 4.69) is 0 Å². The van der Waals surface area contributed by atoms with E-state index in [1.165, 1.54) is 0 Å². The van der Waals surface area contributed by atoms with E-state index in [0.717, 1.165) is 31.6 Å². The summed E-state index contributed by atoms with van der Waals surface area (Å²) in [6, 6.07) is 1.75. The van der Waals surface area contributed by atoms with Gasteiger partial charge in [-0.25, -0.2) is 0 Å². The number of alkyl halides is 1. The number of aryl methyl sites for hydroxylation is 1. The highest BCUT2D eigenvalue weighted by atomic mass is 35.5. The summed E-state index contributed by atoms with van der Waals surface area (Å²) in [5.41, 5.74) is 0.688. The fraction of sp³-hybridized carbons (Fsp3) is 0.583. The number of hydrogen-bond donors (Lipinski definition) is 0. The summed E-state index contributed by atoms with van der Waals surface area (Å²) < 4.78 is 5.27. The van der Waals surface area contributed by atoms with Crippen LogP contribution in [0, 0.1) is 0 Å². The Hall–Kier alpha value is -0.960. The molecule has 1 amide bonds. The van der Waals surface area contributed by atoms with Crippen LogP contribution in [0.1, 0.15) is 35.9 Å². The van der Waals surface area contributed by atoms with E-state index in [0.29, 0.717) is 12.1 Å². The van der Waals surface area contributed by atoms with Gasteiger partial charge in [-0.3, -0.25) is 4.79 Å². The van der Waals surface area contributed by atoms with Crippen molar-refractivity contribution in [2.45, 2.75) is 31.6 Å². The maximum atomic E-state index is 12.2. The normalized spacial score (nSPS) is 21.1. The quantitative estimate of drug-likeness (QED) is 0.746. The molecule has 1 aliphatic rings. The molecule has 0 saturated carbocycles. The number of carbonyl (C=O) groups is 1. The van der Waals surface area contributed by atoms with Gasteiger partial charge in [0, 0.05) is 19.5 Å². The Labute approximate surface area is 100 Å². The first-order valence-electron chi connectivity index (χ1n) is 5.72. The van der Waals surface area contributed by atoms with Gasteiger partial charge in [0.25, 0.3) is 5.91 Å². The first kappa shape index (κ1) is 11.5. The van der Waals surface area contributed by atoms with Crippen molar-refractivity contribution in [3.8, 4) is 0 Å². The Balaban J connectivity index is 2.12. The number of carbonyl (C=O) groups excluding carboxylic acids is 1. The van der Waals surface area contributed by atoms with E-state index < -0.39 is 0 Å². The highest BCUT2D eigenvalue weighted by Crippen LogP contribution is 2.20. The van der Waals surface area contributed by atoms with Crippen LogP contribution in [0.15, 0.2) is 16.7 Å². The van der Waals surface area contributed by atoms with Gasteiger partial charge >= 0.3 is 0 Å². The molecule has 3 nitrogen and oxygen atoms in total. The zero-order valence-electron chi connectivity index (χ0n) is 9.41. The van der Waals surface area contributed by atoms with Gasteiger partial charge in [-0.15, -0.1) is 11.6 Å². The van der Waals surface area contributed by atoms with Crippen LogP contribution in [-0.4, -0.2) is 29.3 Å². The molecular weight excluding hydrogens is 226 g/mol. The number of rotatable bonds is 2. The Morgan fingerprint density at radius 1 is 1.69 bits per heavy atom. The Bertz CT molecular complexity index is 375. The van der Waals surface area contributed by atoms with Gasteiger partial charge in [0.2, 0.25) is 0 Å². The zero-order chi connectivity index (χ0) is 11.5. The molecule has 1 aromatic rings. The largest absolute Gasteiger partial charge is 0.469 e. The van der Waals surface area contributed by atoms with Crippen LogP contribution in [0.4, 0.5) is 0 Å². The third-order valence-electron chi connectivity index (χ3n) is 2.95. The zero-order valence-corrected chi connectivity index (χ0v) is 10.2. The average Bonchev–Trinajstić information content (AvgIpc) is 2.76. The molecule has 0 aliphatic carbocycles. The van der Waals surface area contributed by atoms with Crippen molar-refractivity contribution >= 4 is 17.5 Å². The first-order valence-corrected chi connectivity index (χ1v) is 6.15. The Kier molecular flexibility index (Phi) is 3.54. The molecule has 0 spiro atoms. The lowest BCUT2D eigenvalue weighted by Gasteiger charge is -2.29. The maximum absolute atomic E-state index is 12.2. The summed E-state index contributed by atoms with van der Waals surface area (Å²) in [6.45, 7) is 3.43. The van der Waals surface area contributed by atoms with E-state index in [1.54, 1.807) is 12.3 Å². The maximum Gasteiger partial charge on any atom is 0.257 e. The molecule has 1 atom stereocenters. The summed E-state index contributed by atoms with van der Waals surface area (Å²) in [5, 5.41) is 0.0923. The number of piperidine rings is 1. The van der Waals surface area contributed by atoms with Crippen molar-refractivity contribution in [3.63, 3.8) is 0 Å². The second-order valence-electron chi connectivity index (χ2n) is 4.10. The highest BCUT2D eigenvalue weighted by molar-refractivity contribution is 6.21. The highest BCUT2D eigenvalue weighted by Gasteiger charge is 2.25. The summed E-state index contributed by atoms with van der Waals surface area (Å²) in [6.07, 6.45) is 4.30. The van der Waals surface area contributed by atoms with Crippen molar-refractivity contribution in [2.24, 2.45) is 0 Å². The molecular formula is C12H16ClNO2. The predicted octanol–water partition coefficient (Wildman–Crippen LogP) is 2.69. The molecule has 1 aromatic heterocycles. The number of likely N-dealkylation sites (tertiary alicyclic amines) is 1. The molecule has 2 rings (SSSR count). The fourth-order valence-electron chi connectivity index (χ4n) is 2.09. The monoisotopic (exact) mass is 241 g/mol. The van der Waals surface area contributed by atoms with Crippen LogP contribution in [-0.2, 0) is 6.42 Å². The number of halogens is 1. The van der Waals surface area contributed by atoms with Crippen molar-refractivity contribution < 1.29 is 9.21 Å². The van der Waals surface area contributed by atoms with Gasteiger partial charge in [0.1, 0.15) is 5.76 Å². The summed E-state index contributed by atoms with van der Waals surface area (Å²) in [7, 11) is 0. The Morgan fingerprint density at radius 2 is 2.50 bits per heavy atom. The fourth-order valence-corrected chi connectivity index (χ4v) is 2.41. The van der Waals surface area contributed by atoms with Crippen molar-refractivity contribution in [1.82, 2.24) is 4.90 Å². The van der Waals surface area contributed by atoms with Crippen LogP contribution in [0.25, 0.3) is 0 Å². The first-order chi connectivity index (χ1) is 7.72. The lowest BCUT2D eigenvalue weighted by Crippen LogP contribution is -2.40. The number of nitrogens with zero attached hydrogens (tertiary/aromatic N) is 1. The summed E-state index contributed by atoms with van der Waals surface area (Å²) in [4.78, 5) is 14.0. The van der Waals surface area contributed by atoms with E-state index in [-0.39, 0.29) is 11.3 Å². The van der Waals surface area contributed by atoms with Gasteiger partial charge in [0.05, 0.1) is 17.2 Å². The van der Waals surface area contributed by atoms with Crippen LogP contribution >= 0.6 is 11.6 Å². The lowest BCUT2D eigenvalue weighted by molar-refractivity contribution is 0.0724. The lowest BCUT2D eigenvalue weighted by atomic mass is 10.1. The third-order valence-corrected chi connectivity index (χ3v) is 3.30. The van der Waals surface area contributed by atoms with Crippen LogP contribution in [0.2, 0.25) is 0 Å². The number of hydrogen-bond acceptors (Lipinski definition) is 2. The topological polar surface area (TPSA) is 33.5 Å². The smallest absolute Gasteiger partial charge is 0.257 e. The molecule has 0 N–H and O–H groups in total. The molecule has 16 heavy (non-hydrogen) atoms. The van der Waals surface area contributed by atoms with Crippen molar-refractivity contribution in [3.05, 3.63) is 23.7 Å². The van der Waals surface area contributed by atoms with Gasteiger partial charge in [-0.1, -0.05) is 6.92 Å². The molecule has 2 heterocycles. The van der Waals surface area contributed by atoms with Gasteiger partial charge in [-0.05, 0) is 18.9 Å². The van der Waals surface area contributed by atoms with E-state index in [4.69, 9.17) is 16.0 Å². The standard InChI is InChI=1S/C12H16ClNO2/c1-2-11-10(5-7-16-11)12(15)14-6-3-4-9(13)8-14/h5,7,9H,2-4,6,8H2,1H3. The molecule has 1 unspecified atom stereocenters. The molecule has 1 aliphatic heterocycles. The third kappa shape index (κ3) is 2.24. The molecule has 0 bridgehead atoms. The molecule has 88 valence electrons. The molecule has 4 heteroatoms. The van der Waals surface area contributed by atoms with E-state index in [1.807, 2.05) is 11.8 Å². The summed E-state index contributed by atoms with van der Waals surface area (Å²) in [5.74, 6) is 0.817. The Morgan fingerprint density at radius 3 is 3.19 bits per heavy atom. The second-order valence-corrected chi connectivity index (χ2v) is 4.72. The van der Waals surface area contributed by atoms with E-state index in [9.17, 15) is 4.79 Å². The number of amides is 1. The van der Waals surface area contributed by atoms with Gasteiger partial charge in [-0.2, -0.15) is 0 Å². The van der Waals surface area contributed by atoms with Crippen LogP contribution < -0.4 is 0 Å². The van der Waals surface area contributed by atoms with E-state index >= 15 is 0 Å².